The molecule has 1 aliphatic heterocycles. The molecule has 3 aromatic rings. The van der Waals surface area contributed by atoms with Gasteiger partial charge in [0.1, 0.15) is 22.5 Å². The van der Waals surface area contributed by atoms with Gasteiger partial charge in [0.2, 0.25) is 0 Å². The Morgan fingerprint density at radius 3 is 2.30 bits per heavy atom. The van der Waals surface area contributed by atoms with Crippen LogP contribution in [0.5, 0.6) is 5.75 Å². The van der Waals surface area contributed by atoms with Gasteiger partial charge >= 0.3 is 5.97 Å². The average Bonchev–Trinajstić information content (AvgIpc) is 3.10. The van der Waals surface area contributed by atoms with Crippen molar-refractivity contribution >= 4 is 17.0 Å². The van der Waals surface area contributed by atoms with Crippen LogP contribution in [-0.4, -0.2) is 32.7 Å². The summed E-state index contributed by atoms with van der Waals surface area (Å²) in [6, 6.07) is 11.7. The van der Waals surface area contributed by atoms with E-state index in [0.717, 1.165) is 60.7 Å². The van der Waals surface area contributed by atoms with Crippen molar-refractivity contribution in [3.8, 4) is 11.4 Å². The molecule has 0 radical (unpaired) electrons. The molecule has 1 unspecified atom stereocenters. The van der Waals surface area contributed by atoms with Gasteiger partial charge in [-0.1, -0.05) is 59.2 Å². The maximum atomic E-state index is 11.2. The number of aromatic hydroxyl groups is 1. The van der Waals surface area contributed by atoms with Crippen molar-refractivity contribution in [1.82, 2.24) is 15.0 Å². The highest BCUT2D eigenvalue weighted by Crippen LogP contribution is 2.38. The third-order valence-corrected chi connectivity index (χ3v) is 6.04. The molecule has 2 aromatic carbocycles. The maximum absolute atomic E-state index is 11.2. The minimum atomic E-state index is -0.141. The Kier molecular flexibility index (Phi) is 8.11. The number of benzene rings is 2. The molecule has 6 nitrogen and oxygen atoms in total. The number of carbonyl (C=O) groups excluding carboxylic acids is 1. The number of aryl methyl sites for hydroxylation is 1. The number of rotatable bonds is 4. The van der Waals surface area contributed by atoms with E-state index < -0.39 is 0 Å². The summed E-state index contributed by atoms with van der Waals surface area (Å²) in [6.07, 6.45) is 6.20. The summed E-state index contributed by atoms with van der Waals surface area (Å²) in [5.74, 6) is 0.499. The van der Waals surface area contributed by atoms with Crippen LogP contribution in [0.3, 0.4) is 0 Å². The number of ether oxygens (including phenoxy) is 1. The zero-order valence-electron chi connectivity index (χ0n) is 20.6. The highest BCUT2D eigenvalue weighted by Gasteiger charge is 2.25. The van der Waals surface area contributed by atoms with E-state index in [2.05, 4.69) is 50.9 Å². The Bertz CT molecular complexity index is 1050. The molecule has 1 N–H and O–H groups in total. The van der Waals surface area contributed by atoms with Gasteiger partial charge in [0, 0.05) is 5.56 Å². The van der Waals surface area contributed by atoms with E-state index in [1.165, 1.54) is 4.80 Å². The topological polar surface area (TPSA) is 77.2 Å². The molecule has 178 valence electrons. The van der Waals surface area contributed by atoms with Crippen molar-refractivity contribution in [2.75, 3.05) is 6.61 Å². The van der Waals surface area contributed by atoms with Gasteiger partial charge in [-0.2, -0.15) is 0 Å². The average molecular weight is 452 g/mol. The number of aromatic nitrogens is 3. The number of esters is 1. The van der Waals surface area contributed by atoms with E-state index in [0.29, 0.717) is 12.3 Å². The lowest BCUT2D eigenvalue weighted by Gasteiger charge is -2.25. The Morgan fingerprint density at radius 1 is 1.06 bits per heavy atom. The van der Waals surface area contributed by atoms with E-state index >= 15 is 0 Å². The molecule has 1 aromatic heterocycles. The number of phenols is 1. The normalized spacial score (nSPS) is 16.6. The number of carbonyl (C=O) groups is 1. The maximum Gasteiger partial charge on any atom is 0.308 e. The molecule has 0 amide bonds. The van der Waals surface area contributed by atoms with Crippen molar-refractivity contribution in [2.24, 2.45) is 5.92 Å². The first-order chi connectivity index (χ1) is 15.8. The number of hydrogen-bond acceptors (Lipinski definition) is 5. The SMILES string of the molecule is CCCC1CCCCOC1=O.CCc1ccc(-n2nc3ccccc3n2)c(O)c1C(C)(C)C. The monoisotopic (exact) mass is 451 g/mol. The van der Waals surface area contributed by atoms with E-state index in [-0.39, 0.29) is 23.1 Å². The molecule has 1 fully saturated rings. The van der Waals surface area contributed by atoms with Crippen molar-refractivity contribution in [3.63, 3.8) is 0 Å². The van der Waals surface area contributed by atoms with E-state index in [1.807, 2.05) is 30.3 Å². The standard InChI is InChI=1S/C18H21N3O.C9H16O2/c1-5-12-10-11-15(17(22)16(12)18(2,3)4)21-19-13-8-6-7-9-14(13)20-21;1-2-5-8-6-3-4-7-11-9(8)10/h6-11,22H,5H2,1-4H3;8H,2-7H2,1H3. The number of nitrogens with zero attached hydrogens (tertiary/aromatic N) is 3. The van der Waals surface area contributed by atoms with Crippen molar-refractivity contribution in [2.45, 2.75) is 78.6 Å². The Morgan fingerprint density at radius 2 is 1.73 bits per heavy atom. The van der Waals surface area contributed by atoms with Crippen LogP contribution in [0.2, 0.25) is 0 Å². The van der Waals surface area contributed by atoms with Crippen molar-refractivity contribution in [1.29, 1.82) is 0 Å². The fourth-order valence-corrected chi connectivity index (χ4v) is 4.39. The minimum absolute atomic E-state index is 0.0318. The summed E-state index contributed by atoms with van der Waals surface area (Å²) in [5.41, 5.74) is 4.24. The highest BCUT2D eigenvalue weighted by atomic mass is 16.5. The van der Waals surface area contributed by atoms with Gasteiger partial charge in [-0.25, -0.2) is 0 Å². The number of hydrogen-bond donors (Lipinski definition) is 1. The summed E-state index contributed by atoms with van der Waals surface area (Å²) < 4.78 is 5.03. The molecule has 33 heavy (non-hydrogen) atoms. The zero-order chi connectivity index (χ0) is 24.0. The first-order valence-corrected chi connectivity index (χ1v) is 12.1. The largest absolute Gasteiger partial charge is 0.505 e. The molecule has 0 aliphatic carbocycles. The van der Waals surface area contributed by atoms with Gasteiger partial charge in [0.15, 0.2) is 0 Å². The summed E-state index contributed by atoms with van der Waals surface area (Å²) in [6.45, 7) is 11.2. The van der Waals surface area contributed by atoms with Gasteiger partial charge < -0.3 is 9.84 Å². The van der Waals surface area contributed by atoms with Gasteiger partial charge in [-0.3, -0.25) is 4.79 Å². The number of fused-ring (bicyclic) bond motifs is 1. The zero-order valence-corrected chi connectivity index (χ0v) is 20.6. The Hall–Kier alpha value is -2.89. The fraction of sp³-hybridized carbons (Fsp3) is 0.519. The predicted octanol–water partition coefficient (Wildman–Crippen LogP) is 6.12. The lowest BCUT2D eigenvalue weighted by Crippen LogP contribution is -2.16. The predicted molar refractivity (Wildman–Crippen MR) is 132 cm³/mol. The van der Waals surface area contributed by atoms with E-state index in [4.69, 9.17) is 4.74 Å². The van der Waals surface area contributed by atoms with Gasteiger partial charge in [-0.05, 0) is 61.3 Å². The third-order valence-electron chi connectivity index (χ3n) is 6.04. The van der Waals surface area contributed by atoms with Crippen LogP contribution in [0.1, 0.15) is 77.8 Å². The van der Waals surface area contributed by atoms with Crippen LogP contribution in [0, 0.1) is 5.92 Å². The van der Waals surface area contributed by atoms with Crippen LogP contribution < -0.4 is 0 Å². The molecule has 1 atom stereocenters. The molecule has 0 bridgehead atoms. The van der Waals surface area contributed by atoms with Gasteiger partial charge in [0.05, 0.1) is 12.5 Å². The Labute approximate surface area is 197 Å². The van der Waals surface area contributed by atoms with Crippen LogP contribution in [0.4, 0.5) is 0 Å². The fourth-order valence-electron chi connectivity index (χ4n) is 4.39. The summed E-state index contributed by atoms with van der Waals surface area (Å²) in [7, 11) is 0. The molecule has 0 saturated carbocycles. The smallest absolute Gasteiger partial charge is 0.308 e. The third kappa shape index (κ3) is 5.92. The van der Waals surface area contributed by atoms with Crippen LogP contribution in [0.25, 0.3) is 16.7 Å². The van der Waals surface area contributed by atoms with Crippen LogP contribution >= 0.6 is 0 Å². The highest BCUT2D eigenvalue weighted by molar-refractivity contribution is 5.74. The quantitative estimate of drug-likeness (QED) is 0.484. The molecule has 0 spiro atoms. The van der Waals surface area contributed by atoms with Crippen molar-refractivity contribution < 1.29 is 14.6 Å². The summed E-state index contributed by atoms with van der Waals surface area (Å²) >= 11 is 0. The van der Waals surface area contributed by atoms with E-state index in [1.54, 1.807) is 0 Å². The second-order valence-electron chi connectivity index (χ2n) is 9.70. The molecule has 2 heterocycles. The summed E-state index contributed by atoms with van der Waals surface area (Å²) in [4.78, 5) is 12.7. The van der Waals surface area contributed by atoms with E-state index in [9.17, 15) is 9.90 Å². The first kappa shape index (κ1) is 24.7. The van der Waals surface area contributed by atoms with Crippen LogP contribution in [0.15, 0.2) is 36.4 Å². The van der Waals surface area contributed by atoms with Crippen molar-refractivity contribution in [3.05, 3.63) is 47.5 Å². The first-order valence-electron chi connectivity index (χ1n) is 12.1. The minimum Gasteiger partial charge on any atom is -0.505 e. The Balaban J connectivity index is 0.000000235. The lowest BCUT2D eigenvalue weighted by molar-refractivity contribution is -0.147. The molecular weight excluding hydrogens is 414 g/mol. The van der Waals surface area contributed by atoms with Crippen LogP contribution in [-0.2, 0) is 21.4 Å². The summed E-state index contributed by atoms with van der Waals surface area (Å²) in [5, 5.41) is 19.8. The van der Waals surface area contributed by atoms with Gasteiger partial charge in [0.25, 0.3) is 0 Å². The molecule has 6 heteroatoms. The second-order valence-corrected chi connectivity index (χ2v) is 9.70. The number of cyclic esters (lactones) is 1. The molecule has 1 saturated heterocycles. The molecular formula is C27H37N3O3. The molecule has 4 rings (SSSR count). The lowest BCUT2D eigenvalue weighted by atomic mass is 9.82. The molecule has 1 aliphatic rings. The van der Waals surface area contributed by atoms with Gasteiger partial charge in [-0.15, -0.1) is 15.0 Å². The second kappa shape index (κ2) is 10.8. The number of phenolic OH excluding ortho intramolecular Hbond substituents is 1.